The molecule has 0 heterocycles. The van der Waals surface area contributed by atoms with Gasteiger partial charge in [0.15, 0.2) is 11.6 Å². The van der Waals surface area contributed by atoms with Crippen molar-refractivity contribution in [1.82, 2.24) is 0 Å². The average molecular weight is 334 g/mol. The molecular weight excluding hydrogens is 320 g/mol. The molecule has 26 heavy (non-hydrogen) atoms. The molecule has 0 saturated heterocycles. The Bertz CT molecular complexity index is 1200. The van der Waals surface area contributed by atoms with Gasteiger partial charge in [0, 0.05) is 22.3 Å². The first-order chi connectivity index (χ1) is 12.8. The summed E-state index contributed by atoms with van der Waals surface area (Å²) < 4.78 is 0. The Hall–Kier alpha value is -3.52. The fourth-order valence-electron chi connectivity index (χ4n) is 3.81. The van der Waals surface area contributed by atoms with Crippen molar-refractivity contribution in [2.75, 3.05) is 0 Å². The number of rotatable bonds is 1. The molecule has 2 heteroatoms. The molecule has 0 bridgehead atoms. The molecule has 4 aromatic rings. The summed E-state index contributed by atoms with van der Waals surface area (Å²) in [5.41, 5.74) is 3.99. The van der Waals surface area contributed by atoms with Crippen LogP contribution in [0.25, 0.3) is 21.9 Å². The van der Waals surface area contributed by atoms with Crippen molar-refractivity contribution in [3.63, 3.8) is 0 Å². The van der Waals surface area contributed by atoms with Gasteiger partial charge >= 0.3 is 0 Å². The summed E-state index contributed by atoms with van der Waals surface area (Å²) in [6.45, 7) is 0. The molecule has 0 N–H and O–H groups in total. The maximum Gasteiger partial charge on any atom is 0.195 e. The molecule has 0 atom stereocenters. The lowest BCUT2D eigenvalue weighted by molar-refractivity contribution is 0.0980. The molecule has 1 aliphatic rings. The fourth-order valence-corrected chi connectivity index (χ4v) is 3.81. The van der Waals surface area contributed by atoms with Gasteiger partial charge in [0.1, 0.15) is 0 Å². The van der Waals surface area contributed by atoms with E-state index in [0.717, 1.165) is 21.9 Å². The summed E-state index contributed by atoms with van der Waals surface area (Å²) >= 11 is 0. The van der Waals surface area contributed by atoms with Crippen LogP contribution in [0.5, 0.6) is 0 Å². The topological polar surface area (TPSA) is 34.1 Å². The highest BCUT2D eigenvalue weighted by atomic mass is 16.1. The number of ketones is 2. The molecule has 0 spiro atoms. The molecule has 4 aromatic carbocycles. The van der Waals surface area contributed by atoms with E-state index in [1.54, 1.807) is 24.3 Å². The normalized spacial score (nSPS) is 12.8. The molecule has 5 rings (SSSR count). The Morgan fingerprint density at radius 1 is 0.462 bits per heavy atom. The van der Waals surface area contributed by atoms with Crippen LogP contribution in [-0.4, -0.2) is 11.6 Å². The van der Waals surface area contributed by atoms with Crippen LogP contribution in [0.1, 0.15) is 31.8 Å². The summed E-state index contributed by atoms with van der Waals surface area (Å²) in [6, 6.07) is 26.7. The second kappa shape index (κ2) is 5.50. The zero-order valence-corrected chi connectivity index (χ0v) is 13.9. The van der Waals surface area contributed by atoms with Crippen LogP contribution in [0.4, 0.5) is 0 Å². The number of carbonyl (C=O) groups excluding carboxylic acids is 2. The highest BCUT2D eigenvalue weighted by Gasteiger charge is 2.31. The Labute approximate surface area is 150 Å². The Kier molecular flexibility index (Phi) is 3.13. The Morgan fingerprint density at radius 3 is 1.77 bits per heavy atom. The van der Waals surface area contributed by atoms with Crippen LogP contribution in [0.15, 0.2) is 84.9 Å². The maximum absolute atomic E-state index is 13.2. The van der Waals surface area contributed by atoms with Crippen LogP contribution in [0.3, 0.4) is 0 Å². The lowest BCUT2D eigenvalue weighted by Crippen LogP contribution is -2.21. The minimum atomic E-state index is -0.0851. The van der Waals surface area contributed by atoms with Gasteiger partial charge in [-0.3, -0.25) is 9.59 Å². The smallest absolute Gasteiger partial charge is 0.195 e. The van der Waals surface area contributed by atoms with E-state index < -0.39 is 0 Å². The third-order valence-electron chi connectivity index (χ3n) is 5.02. The van der Waals surface area contributed by atoms with E-state index in [-0.39, 0.29) is 11.6 Å². The summed E-state index contributed by atoms with van der Waals surface area (Å²) in [6.07, 6.45) is 0. The molecular formula is C24H14O2. The fraction of sp³-hybridized carbons (Fsp3) is 0. The first-order valence-electron chi connectivity index (χ1n) is 8.55. The van der Waals surface area contributed by atoms with Crippen LogP contribution in [0, 0.1) is 0 Å². The lowest BCUT2D eigenvalue weighted by Gasteiger charge is -2.21. The minimum Gasteiger partial charge on any atom is -0.289 e. The average Bonchev–Trinajstić information content (AvgIpc) is 2.71. The predicted molar refractivity (Wildman–Crippen MR) is 103 cm³/mol. The van der Waals surface area contributed by atoms with Gasteiger partial charge in [0.2, 0.25) is 0 Å². The maximum atomic E-state index is 13.2. The highest BCUT2D eigenvalue weighted by Crippen LogP contribution is 2.38. The van der Waals surface area contributed by atoms with Crippen molar-refractivity contribution in [2.24, 2.45) is 0 Å². The van der Waals surface area contributed by atoms with Crippen molar-refractivity contribution in [3.05, 3.63) is 107 Å². The van der Waals surface area contributed by atoms with E-state index in [9.17, 15) is 9.59 Å². The lowest BCUT2D eigenvalue weighted by atomic mass is 9.79. The van der Waals surface area contributed by atoms with Gasteiger partial charge in [-0.2, -0.15) is 0 Å². The predicted octanol–water partition coefficient (Wildman–Crippen LogP) is 5.28. The minimum absolute atomic E-state index is 0.0778. The zero-order chi connectivity index (χ0) is 17.7. The Morgan fingerprint density at radius 2 is 1.04 bits per heavy atom. The van der Waals surface area contributed by atoms with Crippen molar-refractivity contribution < 1.29 is 9.59 Å². The standard InChI is InChI=1S/C24H14O2/c25-23-18-12-6-7-13-19(18)24(26)22-17-11-5-4-10-16(17)20(14-21(22)23)15-8-2-1-3-9-15/h1-14H. The van der Waals surface area contributed by atoms with Crippen LogP contribution in [-0.2, 0) is 0 Å². The molecule has 0 aromatic heterocycles. The second-order valence-electron chi connectivity index (χ2n) is 6.46. The molecule has 0 aliphatic heterocycles. The van der Waals surface area contributed by atoms with Crippen molar-refractivity contribution in [1.29, 1.82) is 0 Å². The summed E-state index contributed by atoms with van der Waals surface area (Å²) in [5.74, 6) is -0.163. The van der Waals surface area contributed by atoms with E-state index in [1.807, 2.05) is 60.7 Å². The van der Waals surface area contributed by atoms with E-state index in [2.05, 4.69) is 0 Å². The Balaban J connectivity index is 1.91. The monoisotopic (exact) mass is 334 g/mol. The molecule has 0 saturated carbocycles. The molecule has 0 fully saturated rings. The van der Waals surface area contributed by atoms with Gasteiger partial charge < -0.3 is 0 Å². The summed E-state index contributed by atoms with van der Waals surface area (Å²) in [7, 11) is 0. The van der Waals surface area contributed by atoms with E-state index in [1.165, 1.54) is 0 Å². The molecule has 122 valence electrons. The molecule has 0 unspecified atom stereocenters. The molecule has 0 amide bonds. The van der Waals surface area contributed by atoms with Gasteiger partial charge in [-0.15, -0.1) is 0 Å². The first-order valence-corrected chi connectivity index (χ1v) is 8.55. The van der Waals surface area contributed by atoms with Crippen molar-refractivity contribution >= 4 is 22.3 Å². The number of fused-ring (bicyclic) bond motifs is 4. The van der Waals surface area contributed by atoms with E-state index in [0.29, 0.717) is 22.3 Å². The van der Waals surface area contributed by atoms with Gasteiger partial charge in [-0.25, -0.2) is 0 Å². The molecule has 2 nitrogen and oxygen atoms in total. The number of carbonyl (C=O) groups is 2. The van der Waals surface area contributed by atoms with Crippen molar-refractivity contribution in [3.8, 4) is 11.1 Å². The second-order valence-corrected chi connectivity index (χ2v) is 6.46. The molecule has 0 radical (unpaired) electrons. The van der Waals surface area contributed by atoms with E-state index >= 15 is 0 Å². The van der Waals surface area contributed by atoms with Gasteiger partial charge in [-0.05, 0) is 28.0 Å². The van der Waals surface area contributed by atoms with Crippen LogP contribution in [0.2, 0.25) is 0 Å². The van der Waals surface area contributed by atoms with Gasteiger partial charge in [0.05, 0.1) is 0 Å². The quantitative estimate of drug-likeness (QED) is 0.418. The summed E-state index contributed by atoms with van der Waals surface area (Å²) in [4.78, 5) is 26.3. The van der Waals surface area contributed by atoms with Crippen LogP contribution >= 0.6 is 0 Å². The summed E-state index contributed by atoms with van der Waals surface area (Å²) in [5, 5.41) is 1.81. The number of benzene rings is 4. The van der Waals surface area contributed by atoms with E-state index in [4.69, 9.17) is 0 Å². The SMILES string of the molecule is O=C1c2ccccc2C(=O)c2c1cc(-c1ccccc1)c1ccccc21. The largest absolute Gasteiger partial charge is 0.289 e. The van der Waals surface area contributed by atoms with Gasteiger partial charge in [0.25, 0.3) is 0 Å². The first kappa shape index (κ1) is 14.8. The van der Waals surface area contributed by atoms with Crippen molar-refractivity contribution in [2.45, 2.75) is 0 Å². The highest BCUT2D eigenvalue weighted by molar-refractivity contribution is 6.33. The third kappa shape index (κ3) is 1.99. The number of hydrogen-bond acceptors (Lipinski definition) is 2. The number of hydrogen-bond donors (Lipinski definition) is 0. The zero-order valence-electron chi connectivity index (χ0n) is 13.9. The van der Waals surface area contributed by atoms with Gasteiger partial charge in [-0.1, -0.05) is 78.9 Å². The van der Waals surface area contributed by atoms with Crippen LogP contribution < -0.4 is 0 Å². The third-order valence-corrected chi connectivity index (χ3v) is 5.02. The molecule has 1 aliphatic carbocycles.